The van der Waals surface area contributed by atoms with Gasteiger partial charge in [0, 0.05) is 31.7 Å². The van der Waals surface area contributed by atoms with Crippen LogP contribution in [0.5, 0.6) is 5.88 Å². The number of carbonyl (C=O) groups excluding carboxylic acids is 1. The van der Waals surface area contributed by atoms with Gasteiger partial charge in [-0.3, -0.25) is 4.79 Å². The fourth-order valence-electron chi connectivity index (χ4n) is 5.18. The number of benzene rings is 1. The maximum Gasteiger partial charge on any atom is 0.277 e. The number of hydrogen-bond acceptors (Lipinski definition) is 6. The zero-order valence-corrected chi connectivity index (χ0v) is 18.3. The number of aromatic nitrogens is 2. The van der Waals surface area contributed by atoms with E-state index in [1.165, 1.54) is 15.8 Å². The minimum atomic E-state index is -3.70. The van der Waals surface area contributed by atoms with Gasteiger partial charge < -0.3 is 14.8 Å². The monoisotopic (exact) mass is 445 g/mol. The SMILES string of the molecule is COC[C@@H]1CCc2cc3c(c(NC(=O)c4nn5c(c4S(=N)(N)=O)OCCC5)c21)CCC3. The summed E-state index contributed by atoms with van der Waals surface area (Å²) in [6, 6.07) is 2.29. The zero-order valence-electron chi connectivity index (χ0n) is 17.5. The number of nitrogens with zero attached hydrogens (tertiary/aromatic N) is 2. The number of ether oxygens (including phenoxy) is 2. The molecule has 0 saturated carbocycles. The molecular weight excluding hydrogens is 418 g/mol. The van der Waals surface area contributed by atoms with Crippen LogP contribution in [0.3, 0.4) is 0 Å². The maximum absolute atomic E-state index is 13.4. The molecule has 1 aliphatic heterocycles. The quantitative estimate of drug-likeness (QED) is 0.650. The molecule has 9 nitrogen and oxygen atoms in total. The first-order valence-corrected chi connectivity index (χ1v) is 12.3. The number of amides is 1. The average molecular weight is 446 g/mol. The Balaban J connectivity index is 1.59. The van der Waals surface area contributed by atoms with Crippen LogP contribution in [0.1, 0.15) is 57.9 Å². The molecule has 4 N–H and O–H groups in total. The Kier molecular flexibility index (Phi) is 5.03. The molecule has 0 bridgehead atoms. The highest BCUT2D eigenvalue weighted by molar-refractivity contribution is 7.90. The molecule has 0 spiro atoms. The van der Waals surface area contributed by atoms with E-state index in [1.54, 1.807) is 7.11 Å². The first kappa shape index (κ1) is 20.5. The van der Waals surface area contributed by atoms with Crippen LogP contribution in [0.25, 0.3) is 0 Å². The van der Waals surface area contributed by atoms with Gasteiger partial charge in [0.1, 0.15) is 9.92 Å². The number of fused-ring (bicyclic) bond motifs is 3. The van der Waals surface area contributed by atoms with Crippen molar-refractivity contribution >= 4 is 21.5 Å². The molecule has 2 heterocycles. The Hall–Kier alpha value is -2.43. The summed E-state index contributed by atoms with van der Waals surface area (Å²) in [6.07, 6.45) is 5.62. The Morgan fingerprint density at radius 3 is 3.00 bits per heavy atom. The number of nitrogens with two attached hydrogens (primary N) is 1. The van der Waals surface area contributed by atoms with Crippen molar-refractivity contribution in [1.82, 2.24) is 9.78 Å². The van der Waals surface area contributed by atoms with Crippen LogP contribution in [-0.4, -0.2) is 40.2 Å². The van der Waals surface area contributed by atoms with E-state index in [4.69, 9.17) is 19.4 Å². The second-order valence-electron chi connectivity index (χ2n) is 8.47. The Morgan fingerprint density at radius 2 is 2.23 bits per heavy atom. The van der Waals surface area contributed by atoms with Gasteiger partial charge in [0.25, 0.3) is 5.91 Å². The summed E-state index contributed by atoms with van der Waals surface area (Å²) in [5.74, 6) is -0.120. The minimum absolute atomic E-state index is 0.0926. The second-order valence-corrected chi connectivity index (χ2v) is 10.1. The number of methoxy groups -OCH3 is 1. The molecule has 0 radical (unpaired) electrons. The standard InChI is InChI=1S/C21H27N5O4S/c1-29-11-14-7-6-13-10-12-4-2-5-15(12)17(16(13)14)24-20(27)18-19(31(22,23)28)21-26(25-18)8-3-9-30-21/h10,14H,2-9,11H2,1H3,(H,24,27)(H3,22,23,28)/t14-/m0/s1. The first-order chi connectivity index (χ1) is 14.9. The summed E-state index contributed by atoms with van der Waals surface area (Å²) in [6.45, 7) is 1.53. The molecule has 0 saturated heterocycles. The Labute approximate surface area is 181 Å². The number of carbonyl (C=O) groups is 1. The first-order valence-electron chi connectivity index (χ1n) is 10.7. The van der Waals surface area contributed by atoms with Gasteiger partial charge in [0.05, 0.1) is 13.2 Å². The topological polar surface area (TPSA) is 132 Å². The number of rotatable bonds is 5. The highest BCUT2D eigenvalue weighted by Crippen LogP contribution is 2.44. The number of anilines is 1. The lowest BCUT2D eigenvalue weighted by atomic mass is 9.94. The molecule has 1 aromatic heterocycles. The van der Waals surface area contributed by atoms with Gasteiger partial charge >= 0.3 is 0 Å². The van der Waals surface area contributed by atoms with E-state index < -0.39 is 15.8 Å². The highest BCUT2D eigenvalue weighted by Gasteiger charge is 2.34. The molecule has 1 unspecified atom stereocenters. The summed E-state index contributed by atoms with van der Waals surface area (Å²) in [7, 11) is -2.01. The third kappa shape index (κ3) is 3.42. The van der Waals surface area contributed by atoms with Crippen molar-refractivity contribution in [3.05, 3.63) is 34.0 Å². The van der Waals surface area contributed by atoms with Crippen LogP contribution < -0.4 is 15.2 Å². The van der Waals surface area contributed by atoms with Crippen LogP contribution in [-0.2, 0) is 40.5 Å². The van der Waals surface area contributed by atoms with Gasteiger partial charge in [-0.15, -0.1) is 0 Å². The molecule has 0 fully saturated rings. The van der Waals surface area contributed by atoms with Gasteiger partial charge in [-0.25, -0.2) is 18.8 Å². The number of hydrogen-bond donors (Lipinski definition) is 3. The summed E-state index contributed by atoms with van der Waals surface area (Å²) in [4.78, 5) is 13.3. The third-order valence-corrected chi connectivity index (χ3v) is 7.41. The molecule has 2 aromatic rings. The zero-order chi connectivity index (χ0) is 21.8. The van der Waals surface area contributed by atoms with Crippen molar-refractivity contribution in [2.75, 3.05) is 25.6 Å². The van der Waals surface area contributed by atoms with Crippen LogP contribution in [0.15, 0.2) is 11.0 Å². The van der Waals surface area contributed by atoms with Crippen molar-refractivity contribution in [2.24, 2.45) is 5.14 Å². The molecule has 10 heteroatoms. The number of nitrogens with one attached hydrogen (secondary N) is 2. The lowest BCUT2D eigenvalue weighted by Gasteiger charge is -2.20. The van der Waals surface area contributed by atoms with E-state index >= 15 is 0 Å². The predicted octanol–water partition coefficient (Wildman–Crippen LogP) is 2.36. The van der Waals surface area contributed by atoms with Crippen molar-refractivity contribution < 1.29 is 18.5 Å². The molecule has 5 rings (SSSR count). The Bertz CT molecular complexity index is 1170. The van der Waals surface area contributed by atoms with Crippen LogP contribution >= 0.6 is 0 Å². The molecule has 3 aliphatic rings. The van der Waals surface area contributed by atoms with Crippen molar-refractivity contribution in [3.8, 4) is 5.88 Å². The molecule has 1 amide bonds. The van der Waals surface area contributed by atoms with E-state index in [2.05, 4.69) is 16.5 Å². The van der Waals surface area contributed by atoms with E-state index in [-0.39, 0.29) is 22.4 Å². The third-order valence-electron chi connectivity index (χ3n) is 6.44. The van der Waals surface area contributed by atoms with Crippen LogP contribution in [0.2, 0.25) is 0 Å². The molecule has 2 aliphatic carbocycles. The molecule has 2 atom stereocenters. The average Bonchev–Trinajstić information content (AvgIpc) is 3.44. The van der Waals surface area contributed by atoms with E-state index in [9.17, 15) is 9.00 Å². The van der Waals surface area contributed by atoms with Crippen molar-refractivity contribution in [1.29, 1.82) is 4.78 Å². The largest absolute Gasteiger partial charge is 0.477 e. The fraction of sp³-hybridized carbons (Fsp3) is 0.524. The van der Waals surface area contributed by atoms with Crippen molar-refractivity contribution in [3.63, 3.8) is 0 Å². The molecule has 166 valence electrons. The molecule has 1 aromatic carbocycles. The maximum atomic E-state index is 13.4. The summed E-state index contributed by atoms with van der Waals surface area (Å²) >= 11 is 0. The van der Waals surface area contributed by atoms with Gasteiger partial charge in [0.15, 0.2) is 10.6 Å². The smallest absolute Gasteiger partial charge is 0.277 e. The van der Waals surface area contributed by atoms with Gasteiger partial charge in [0.2, 0.25) is 5.88 Å². The fourth-order valence-corrected chi connectivity index (χ4v) is 6.02. The normalized spacial score (nSPS) is 21.0. The Morgan fingerprint density at radius 1 is 1.39 bits per heavy atom. The second kappa shape index (κ2) is 7.61. The highest BCUT2D eigenvalue weighted by atomic mass is 32.2. The molecular formula is C21H27N5O4S. The lowest BCUT2D eigenvalue weighted by Crippen LogP contribution is -2.21. The minimum Gasteiger partial charge on any atom is -0.477 e. The summed E-state index contributed by atoms with van der Waals surface area (Å²) in [5.41, 5.74) is 5.58. The van der Waals surface area contributed by atoms with Crippen LogP contribution in [0, 0.1) is 4.78 Å². The van der Waals surface area contributed by atoms with E-state index in [0.717, 1.165) is 55.3 Å². The molecule has 31 heavy (non-hydrogen) atoms. The van der Waals surface area contributed by atoms with Crippen LogP contribution in [0.4, 0.5) is 5.69 Å². The van der Waals surface area contributed by atoms with Gasteiger partial charge in [-0.05, 0) is 54.4 Å². The van der Waals surface area contributed by atoms with Gasteiger partial charge in [-0.2, -0.15) is 5.10 Å². The van der Waals surface area contributed by atoms with E-state index in [0.29, 0.717) is 19.8 Å². The lowest BCUT2D eigenvalue weighted by molar-refractivity contribution is 0.101. The summed E-state index contributed by atoms with van der Waals surface area (Å²) < 4.78 is 33.0. The number of aryl methyl sites for hydroxylation is 3. The van der Waals surface area contributed by atoms with E-state index in [1.807, 2.05) is 0 Å². The van der Waals surface area contributed by atoms with Crippen molar-refractivity contribution in [2.45, 2.75) is 55.9 Å². The summed E-state index contributed by atoms with van der Waals surface area (Å²) in [5, 5.41) is 13.1. The van der Waals surface area contributed by atoms with Gasteiger partial charge in [-0.1, -0.05) is 6.07 Å². The predicted molar refractivity (Wildman–Crippen MR) is 115 cm³/mol.